The Morgan fingerprint density at radius 2 is 1.79 bits per heavy atom. The number of benzene rings is 1. The number of hydrogen-bond donors (Lipinski definition) is 0. The first-order valence-electron chi connectivity index (χ1n) is 5.06. The fourth-order valence-corrected chi connectivity index (χ4v) is 1.44. The van der Waals surface area contributed by atoms with Crippen LogP contribution in [0.4, 0.5) is 0 Å². The van der Waals surface area contributed by atoms with Crippen molar-refractivity contribution in [2.75, 3.05) is 0 Å². The van der Waals surface area contributed by atoms with Gasteiger partial charge in [0.2, 0.25) is 0 Å². The van der Waals surface area contributed by atoms with Crippen LogP contribution in [0, 0.1) is 0 Å². The lowest BCUT2D eigenvalue weighted by Gasteiger charge is -2.01. The molecule has 0 atom stereocenters. The molecule has 0 nitrogen and oxygen atoms in total. The van der Waals surface area contributed by atoms with Crippen molar-refractivity contribution in [2.24, 2.45) is 0 Å². The Kier molecular flexibility index (Phi) is 4.18. The van der Waals surface area contributed by atoms with E-state index in [1.165, 1.54) is 16.7 Å². The van der Waals surface area contributed by atoms with Crippen LogP contribution in [0.3, 0.4) is 0 Å². The van der Waals surface area contributed by atoms with Gasteiger partial charge >= 0.3 is 0 Å². The molecule has 0 unspecified atom stereocenters. The summed E-state index contributed by atoms with van der Waals surface area (Å²) in [6, 6.07) is 10.6. The molecule has 0 fully saturated rings. The average Bonchev–Trinajstić information content (AvgIpc) is 2.19. The van der Waals surface area contributed by atoms with E-state index in [-0.39, 0.29) is 0 Å². The average molecular weight is 186 g/mol. The van der Waals surface area contributed by atoms with Crippen LogP contribution in [0.2, 0.25) is 0 Å². The Labute approximate surface area is 87.0 Å². The van der Waals surface area contributed by atoms with E-state index in [1.807, 2.05) is 0 Å². The molecule has 0 aliphatic carbocycles. The first-order chi connectivity index (χ1) is 6.72. The SMILES string of the molecule is C/C=C(C)\C=C(/C)Cc1ccccc1. The molecule has 0 aliphatic rings. The fraction of sp³-hybridized carbons (Fsp3) is 0.286. The molecule has 0 saturated heterocycles. The van der Waals surface area contributed by atoms with Gasteiger partial charge in [0.1, 0.15) is 0 Å². The maximum atomic E-state index is 2.24. The Bertz CT molecular complexity index is 328. The highest BCUT2D eigenvalue weighted by molar-refractivity contribution is 5.26. The molecule has 0 bridgehead atoms. The lowest BCUT2D eigenvalue weighted by molar-refractivity contribution is 1.13. The van der Waals surface area contributed by atoms with E-state index >= 15 is 0 Å². The third kappa shape index (κ3) is 3.61. The fourth-order valence-electron chi connectivity index (χ4n) is 1.44. The van der Waals surface area contributed by atoms with Crippen LogP contribution in [0.1, 0.15) is 26.3 Å². The van der Waals surface area contributed by atoms with Crippen molar-refractivity contribution < 1.29 is 0 Å². The molecule has 0 N–H and O–H groups in total. The van der Waals surface area contributed by atoms with E-state index in [2.05, 4.69) is 63.3 Å². The normalized spacial score (nSPS) is 13.1. The van der Waals surface area contributed by atoms with Crippen molar-refractivity contribution in [3.8, 4) is 0 Å². The summed E-state index contributed by atoms with van der Waals surface area (Å²) in [7, 11) is 0. The smallest absolute Gasteiger partial charge is 0.00667 e. The molecule has 0 amide bonds. The van der Waals surface area contributed by atoms with Gasteiger partial charge in [-0.1, -0.05) is 53.6 Å². The van der Waals surface area contributed by atoms with Gasteiger partial charge in [0, 0.05) is 0 Å². The van der Waals surface area contributed by atoms with Gasteiger partial charge in [-0.15, -0.1) is 0 Å². The summed E-state index contributed by atoms with van der Waals surface area (Å²) in [5.74, 6) is 0. The Morgan fingerprint density at radius 1 is 1.14 bits per heavy atom. The lowest BCUT2D eigenvalue weighted by Crippen LogP contribution is -1.86. The molecular formula is C14H18. The Hall–Kier alpha value is -1.30. The molecule has 1 rings (SSSR count). The third-order valence-electron chi connectivity index (χ3n) is 2.26. The second-order valence-corrected chi connectivity index (χ2v) is 3.69. The van der Waals surface area contributed by atoms with Crippen LogP contribution in [0.25, 0.3) is 0 Å². The van der Waals surface area contributed by atoms with Crippen molar-refractivity contribution >= 4 is 0 Å². The van der Waals surface area contributed by atoms with Gasteiger partial charge in [-0.2, -0.15) is 0 Å². The third-order valence-corrected chi connectivity index (χ3v) is 2.26. The standard InChI is InChI=1S/C14H18/c1-4-12(2)10-13(3)11-14-8-6-5-7-9-14/h4-10H,11H2,1-3H3/b12-4-,13-10+. The maximum Gasteiger partial charge on any atom is -0.00667 e. The summed E-state index contributed by atoms with van der Waals surface area (Å²) in [5.41, 5.74) is 4.12. The van der Waals surface area contributed by atoms with Crippen LogP contribution in [0.15, 0.2) is 53.6 Å². The van der Waals surface area contributed by atoms with Gasteiger partial charge < -0.3 is 0 Å². The van der Waals surface area contributed by atoms with Crippen LogP contribution in [-0.2, 0) is 6.42 Å². The molecule has 14 heavy (non-hydrogen) atoms. The van der Waals surface area contributed by atoms with E-state index in [0.29, 0.717) is 0 Å². The maximum absolute atomic E-state index is 2.24. The molecule has 0 saturated carbocycles. The van der Waals surface area contributed by atoms with Gasteiger partial charge in [0.25, 0.3) is 0 Å². The number of rotatable bonds is 3. The number of hydrogen-bond acceptors (Lipinski definition) is 0. The van der Waals surface area contributed by atoms with Crippen LogP contribution in [-0.4, -0.2) is 0 Å². The van der Waals surface area contributed by atoms with Crippen LogP contribution >= 0.6 is 0 Å². The molecule has 0 heteroatoms. The summed E-state index contributed by atoms with van der Waals surface area (Å²) in [4.78, 5) is 0. The topological polar surface area (TPSA) is 0 Å². The first-order valence-corrected chi connectivity index (χ1v) is 5.06. The highest BCUT2D eigenvalue weighted by atomic mass is 14.0. The minimum absolute atomic E-state index is 1.05. The molecular weight excluding hydrogens is 168 g/mol. The van der Waals surface area contributed by atoms with Gasteiger partial charge in [0.05, 0.1) is 0 Å². The molecule has 0 heterocycles. The predicted octanol–water partition coefficient (Wildman–Crippen LogP) is 4.14. The predicted molar refractivity (Wildman–Crippen MR) is 63.3 cm³/mol. The van der Waals surface area contributed by atoms with Crippen molar-refractivity contribution in [3.05, 3.63) is 59.2 Å². The zero-order valence-electron chi connectivity index (χ0n) is 9.25. The van der Waals surface area contributed by atoms with Gasteiger partial charge in [-0.25, -0.2) is 0 Å². The van der Waals surface area contributed by atoms with Crippen LogP contribution in [0.5, 0.6) is 0 Å². The molecule has 0 aliphatic heterocycles. The van der Waals surface area contributed by atoms with E-state index in [1.54, 1.807) is 0 Å². The zero-order valence-corrected chi connectivity index (χ0v) is 9.25. The van der Waals surface area contributed by atoms with E-state index in [0.717, 1.165) is 6.42 Å². The van der Waals surface area contributed by atoms with Gasteiger partial charge in [0.15, 0.2) is 0 Å². The summed E-state index contributed by atoms with van der Waals surface area (Å²) in [6.45, 7) is 6.39. The zero-order chi connectivity index (χ0) is 10.4. The van der Waals surface area contributed by atoms with Crippen molar-refractivity contribution in [3.63, 3.8) is 0 Å². The molecule has 0 aromatic heterocycles. The van der Waals surface area contributed by atoms with E-state index < -0.39 is 0 Å². The molecule has 74 valence electrons. The van der Waals surface area contributed by atoms with Gasteiger partial charge in [-0.05, 0) is 32.8 Å². The highest BCUT2D eigenvalue weighted by Crippen LogP contribution is 2.09. The Balaban J connectivity index is 2.66. The van der Waals surface area contributed by atoms with Crippen LogP contribution < -0.4 is 0 Å². The molecule has 1 aromatic carbocycles. The molecule has 1 aromatic rings. The quantitative estimate of drug-likeness (QED) is 0.622. The summed E-state index contributed by atoms with van der Waals surface area (Å²) >= 11 is 0. The monoisotopic (exact) mass is 186 g/mol. The largest absolute Gasteiger partial charge is 0.0847 e. The summed E-state index contributed by atoms with van der Waals surface area (Å²) in [6.07, 6.45) is 5.42. The minimum Gasteiger partial charge on any atom is -0.0847 e. The van der Waals surface area contributed by atoms with Crippen molar-refractivity contribution in [2.45, 2.75) is 27.2 Å². The second kappa shape index (κ2) is 5.43. The summed E-state index contributed by atoms with van der Waals surface area (Å²) < 4.78 is 0. The van der Waals surface area contributed by atoms with E-state index in [4.69, 9.17) is 0 Å². The highest BCUT2D eigenvalue weighted by Gasteiger charge is 1.93. The summed E-state index contributed by atoms with van der Waals surface area (Å²) in [5, 5.41) is 0. The van der Waals surface area contributed by atoms with E-state index in [9.17, 15) is 0 Å². The van der Waals surface area contributed by atoms with Gasteiger partial charge in [-0.3, -0.25) is 0 Å². The molecule has 0 spiro atoms. The first kappa shape index (κ1) is 10.8. The molecule has 0 radical (unpaired) electrons. The van der Waals surface area contributed by atoms with Crippen molar-refractivity contribution in [1.82, 2.24) is 0 Å². The number of allylic oxidation sites excluding steroid dienone is 4. The Morgan fingerprint density at radius 3 is 2.36 bits per heavy atom. The minimum atomic E-state index is 1.05. The lowest BCUT2D eigenvalue weighted by atomic mass is 10.0. The second-order valence-electron chi connectivity index (χ2n) is 3.69. The van der Waals surface area contributed by atoms with Crippen molar-refractivity contribution in [1.29, 1.82) is 0 Å².